The molecule has 1 heterocycles. The maximum absolute atomic E-state index is 12.7. The molecule has 3 rings (SSSR count). The fourth-order valence-electron chi connectivity index (χ4n) is 2.39. The Labute approximate surface area is 151 Å². The lowest BCUT2D eigenvalue weighted by Crippen LogP contribution is -2.21. The number of alkyl halides is 3. The van der Waals surface area contributed by atoms with Gasteiger partial charge in [0.15, 0.2) is 18.1 Å². The van der Waals surface area contributed by atoms with E-state index in [1.165, 1.54) is 12.1 Å². The minimum Gasteiger partial charge on any atom is -0.455 e. The van der Waals surface area contributed by atoms with Gasteiger partial charge in [0.05, 0.1) is 12.0 Å². The third-order valence-corrected chi connectivity index (χ3v) is 3.62. The quantitative estimate of drug-likeness (QED) is 0.806. The second kappa shape index (κ2) is 7.56. The second-order valence-corrected chi connectivity index (χ2v) is 5.65. The zero-order valence-corrected chi connectivity index (χ0v) is 13.8. The number of benzene rings is 2. The molecular formula is C18H14F3NO5. The number of amides is 1. The van der Waals surface area contributed by atoms with Gasteiger partial charge in [-0.15, -0.1) is 0 Å². The standard InChI is InChI=1S/C18H14F3NO5/c19-18(20,21)12-3-1-2-11(6-12)7-17(24)25-9-16(23)22-13-4-5-14-15(8-13)27-10-26-14/h1-6,8H,7,9-10H2,(H,22,23). The van der Waals surface area contributed by atoms with Crippen LogP contribution in [0.3, 0.4) is 0 Å². The third-order valence-electron chi connectivity index (χ3n) is 3.62. The molecule has 0 spiro atoms. The van der Waals surface area contributed by atoms with Crippen LogP contribution in [-0.2, 0) is 26.9 Å². The number of hydrogen-bond acceptors (Lipinski definition) is 5. The van der Waals surface area contributed by atoms with Gasteiger partial charge in [-0.3, -0.25) is 9.59 Å². The van der Waals surface area contributed by atoms with Gasteiger partial charge in [-0.2, -0.15) is 13.2 Å². The van der Waals surface area contributed by atoms with Crippen LogP contribution in [0.5, 0.6) is 11.5 Å². The number of hydrogen-bond donors (Lipinski definition) is 1. The third kappa shape index (κ3) is 4.90. The molecule has 1 N–H and O–H groups in total. The van der Waals surface area contributed by atoms with Gasteiger partial charge in [0.2, 0.25) is 6.79 Å². The molecule has 0 aliphatic carbocycles. The summed E-state index contributed by atoms with van der Waals surface area (Å²) in [6.07, 6.45) is -4.87. The molecule has 27 heavy (non-hydrogen) atoms. The molecule has 0 atom stereocenters. The van der Waals surface area contributed by atoms with Crippen molar-refractivity contribution < 1.29 is 37.0 Å². The van der Waals surface area contributed by atoms with Crippen molar-refractivity contribution in [2.75, 3.05) is 18.7 Å². The van der Waals surface area contributed by atoms with Crippen molar-refractivity contribution in [3.05, 3.63) is 53.6 Å². The smallest absolute Gasteiger partial charge is 0.416 e. The van der Waals surface area contributed by atoms with Crippen LogP contribution in [0.2, 0.25) is 0 Å². The van der Waals surface area contributed by atoms with E-state index in [4.69, 9.17) is 14.2 Å². The summed E-state index contributed by atoms with van der Waals surface area (Å²) in [6.45, 7) is -0.466. The van der Waals surface area contributed by atoms with E-state index >= 15 is 0 Å². The van der Waals surface area contributed by atoms with Gasteiger partial charge in [0.1, 0.15) is 0 Å². The number of carbonyl (C=O) groups excluding carboxylic acids is 2. The topological polar surface area (TPSA) is 73.9 Å². The van der Waals surface area contributed by atoms with Crippen LogP contribution in [0.1, 0.15) is 11.1 Å². The number of nitrogens with one attached hydrogen (secondary N) is 1. The summed E-state index contributed by atoms with van der Waals surface area (Å²) in [5.74, 6) is -0.365. The molecule has 142 valence electrons. The van der Waals surface area contributed by atoms with Crippen LogP contribution < -0.4 is 14.8 Å². The summed E-state index contributed by atoms with van der Waals surface area (Å²) in [5.41, 5.74) is -0.280. The maximum Gasteiger partial charge on any atom is 0.416 e. The van der Waals surface area contributed by atoms with Crippen molar-refractivity contribution in [1.29, 1.82) is 0 Å². The van der Waals surface area contributed by atoms with Crippen molar-refractivity contribution >= 4 is 17.6 Å². The zero-order valence-electron chi connectivity index (χ0n) is 13.8. The molecule has 0 saturated carbocycles. The Morgan fingerprint density at radius 1 is 1.07 bits per heavy atom. The minimum atomic E-state index is -4.50. The van der Waals surface area contributed by atoms with Crippen molar-refractivity contribution in [3.63, 3.8) is 0 Å². The van der Waals surface area contributed by atoms with Crippen molar-refractivity contribution in [2.24, 2.45) is 0 Å². The van der Waals surface area contributed by atoms with Gasteiger partial charge in [0, 0.05) is 11.8 Å². The van der Waals surface area contributed by atoms with E-state index in [1.54, 1.807) is 18.2 Å². The highest BCUT2D eigenvalue weighted by molar-refractivity contribution is 5.93. The fourth-order valence-corrected chi connectivity index (χ4v) is 2.39. The molecule has 1 aliphatic heterocycles. The highest BCUT2D eigenvalue weighted by Crippen LogP contribution is 2.34. The van der Waals surface area contributed by atoms with Crippen molar-refractivity contribution in [3.8, 4) is 11.5 Å². The van der Waals surface area contributed by atoms with E-state index in [0.717, 1.165) is 12.1 Å². The molecule has 1 amide bonds. The highest BCUT2D eigenvalue weighted by atomic mass is 19.4. The van der Waals surface area contributed by atoms with E-state index in [9.17, 15) is 22.8 Å². The molecule has 0 aromatic heterocycles. The van der Waals surface area contributed by atoms with E-state index < -0.39 is 30.2 Å². The molecule has 2 aromatic rings. The summed E-state index contributed by atoms with van der Waals surface area (Å²) in [7, 11) is 0. The van der Waals surface area contributed by atoms with E-state index in [-0.39, 0.29) is 18.8 Å². The molecule has 0 unspecified atom stereocenters. The fraction of sp³-hybridized carbons (Fsp3) is 0.222. The first kappa shape index (κ1) is 18.6. The Morgan fingerprint density at radius 2 is 1.85 bits per heavy atom. The van der Waals surface area contributed by atoms with Crippen LogP contribution in [0.25, 0.3) is 0 Å². The molecule has 1 aliphatic rings. The van der Waals surface area contributed by atoms with E-state index in [2.05, 4.69) is 5.32 Å². The van der Waals surface area contributed by atoms with Gasteiger partial charge in [-0.05, 0) is 23.8 Å². The Hall–Kier alpha value is -3.23. The number of fused-ring (bicyclic) bond motifs is 1. The largest absolute Gasteiger partial charge is 0.455 e. The minimum absolute atomic E-state index is 0.0971. The predicted octanol–water partition coefficient (Wildman–Crippen LogP) is 3.16. The number of esters is 1. The number of carbonyl (C=O) groups is 2. The average molecular weight is 381 g/mol. The number of anilines is 1. The normalized spacial score (nSPS) is 12.6. The predicted molar refractivity (Wildman–Crippen MR) is 87.3 cm³/mol. The second-order valence-electron chi connectivity index (χ2n) is 5.65. The first-order valence-electron chi connectivity index (χ1n) is 7.82. The molecular weight excluding hydrogens is 367 g/mol. The van der Waals surface area contributed by atoms with Crippen molar-refractivity contribution in [2.45, 2.75) is 12.6 Å². The monoisotopic (exact) mass is 381 g/mol. The molecule has 2 aromatic carbocycles. The zero-order chi connectivity index (χ0) is 19.4. The molecule has 0 bridgehead atoms. The Bertz CT molecular complexity index is 866. The van der Waals surface area contributed by atoms with Crippen molar-refractivity contribution in [1.82, 2.24) is 0 Å². The van der Waals surface area contributed by atoms with E-state index in [0.29, 0.717) is 17.2 Å². The van der Waals surface area contributed by atoms with Gasteiger partial charge >= 0.3 is 12.1 Å². The number of rotatable bonds is 5. The van der Waals surface area contributed by atoms with Crippen LogP contribution in [0.4, 0.5) is 18.9 Å². The summed E-state index contributed by atoms with van der Waals surface area (Å²) in [6, 6.07) is 9.14. The summed E-state index contributed by atoms with van der Waals surface area (Å²) in [4.78, 5) is 23.6. The summed E-state index contributed by atoms with van der Waals surface area (Å²) < 4.78 is 53.1. The van der Waals surface area contributed by atoms with Crippen LogP contribution in [0.15, 0.2) is 42.5 Å². The molecule has 0 saturated heterocycles. The number of ether oxygens (including phenoxy) is 3. The SMILES string of the molecule is O=C(COC(=O)Cc1cccc(C(F)(F)F)c1)Nc1ccc2c(c1)OCO2. The lowest BCUT2D eigenvalue weighted by molar-refractivity contribution is -0.146. The van der Waals surface area contributed by atoms with Gasteiger partial charge in [-0.1, -0.05) is 18.2 Å². The van der Waals surface area contributed by atoms with Gasteiger partial charge < -0.3 is 19.5 Å². The number of halogens is 3. The Balaban J connectivity index is 1.49. The molecule has 0 radical (unpaired) electrons. The molecule has 9 heteroatoms. The highest BCUT2D eigenvalue weighted by Gasteiger charge is 2.30. The average Bonchev–Trinajstić information content (AvgIpc) is 3.07. The van der Waals surface area contributed by atoms with Crippen LogP contribution in [0, 0.1) is 0 Å². The summed E-state index contributed by atoms with van der Waals surface area (Å²) >= 11 is 0. The first-order chi connectivity index (χ1) is 12.8. The van der Waals surface area contributed by atoms with Crippen LogP contribution in [-0.4, -0.2) is 25.3 Å². The van der Waals surface area contributed by atoms with E-state index in [1.807, 2.05) is 0 Å². The van der Waals surface area contributed by atoms with Crippen LogP contribution >= 0.6 is 0 Å². The molecule has 6 nitrogen and oxygen atoms in total. The maximum atomic E-state index is 12.7. The lowest BCUT2D eigenvalue weighted by atomic mass is 10.1. The van der Waals surface area contributed by atoms with Gasteiger partial charge in [0.25, 0.3) is 5.91 Å². The first-order valence-corrected chi connectivity index (χ1v) is 7.82. The Kier molecular flexibility index (Phi) is 5.20. The molecule has 0 fully saturated rings. The Morgan fingerprint density at radius 3 is 2.63 bits per heavy atom. The lowest BCUT2D eigenvalue weighted by Gasteiger charge is -2.09. The van der Waals surface area contributed by atoms with Gasteiger partial charge in [-0.25, -0.2) is 0 Å². The summed E-state index contributed by atoms with van der Waals surface area (Å²) in [5, 5.41) is 2.52.